The monoisotopic (exact) mass is 912 g/mol. The molecule has 24 nitrogen and oxygen atoms in total. The first kappa shape index (κ1) is 49.5. The van der Waals surface area contributed by atoms with E-state index < -0.39 is 144 Å². The summed E-state index contributed by atoms with van der Waals surface area (Å²) in [6, 6.07) is 11.6. The Morgan fingerprint density at radius 2 is 0.848 bits per heavy atom. The number of carbonyl (C=O) groups excluding carboxylic acids is 3. The van der Waals surface area contributed by atoms with Gasteiger partial charge in [-0.15, -0.1) is 0 Å². The van der Waals surface area contributed by atoms with Gasteiger partial charge in [0, 0.05) is 0 Å². The van der Waals surface area contributed by atoms with Crippen molar-refractivity contribution in [1.82, 2.24) is 13.7 Å². The van der Waals surface area contributed by atoms with Gasteiger partial charge in [-0.3, -0.25) is 9.59 Å². The normalized spacial score (nSPS) is 13.0. The molecule has 0 saturated carbocycles. The lowest BCUT2D eigenvalue weighted by Gasteiger charge is -2.19. The molecule has 0 amide bonds. The molecule has 9 N–H and O–H groups in total. The number of nitriles is 1. The topological polar surface area (TPSA) is 359 Å². The number of aromatic hydroxyl groups is 6. The highest BCUT2D eigenvalue weighted by atomic mass is 16.6. The van der Waals surface area contributed by atoms with Crippen LogP contribution < -0.4 is 17.1 Å². The van der Waals surface area contributed by atoms with Crippen LogP contribution in [0.1, 0.15) is 16.7 Å². The molecule has 3 aromatic carbocycles. The van der Waals surface area contributed by atoms with Crippen molar-refractivity contribution in [1.29, 1.82) is 5.26 Å². The van der Waals surface area contributed by atoms with E-state index in [1.807, 2.05) is 0 Å². The minimum absolute atomic E-state index is 0.0830. The van der Waals surface area contributed by atoms with Gasteiger partial charge in [0.05, 0.1) is 32.8 Å². The second-order valence-electron chi connectivity index (χ2n) is 13.6. The van der Waals surface area contributed by atoms with Crippen molar-refractivity contribution in [3.63, 3.8) is 0 Å². The largest absolute Gasteiger partial charge is 0.504 e. The molecule has 1 aromatic heterocycles. The molecule has 66 heavy (non-hydrogen) atoms. The highest BCUT2D eigenvalue weighted by Crippen LogP contribution is 2.28. The molecule has 24 heteroatoms. The predicted molar refractivity (Wildman–Crippen MR) is 222 cm³/mol. The number of nitrogens with zero attached hydrogens (tertiary/aromatic N) is 6. The Labute approximate surface area is 370 Å². The fraction of sp³-hybridized carbons (Fsp3) is 0.214. The zero-order chi connectivity index (χ0) is 48.8. The van der Waals surface area contributed by atoms with Crippen LogP contribution in [-0.2, 0) is 48.2 Å². The second-order valence-corrected chi connectivity index (χ2v) is 13.6. The lowest BCUT2D eigenvalue weighted by molar-refractivity contribution is -0.142. The van der Waals surface area contributed by atoms with Crippen LogP contribution in [-0.4, -0.2) is 116 Å². The van der Waals surface area contributed by atoms with E-state index in [-0.39, 0.29) is 30.4 Å². The third kappa shape index (κ3) is 12.9. The SMILES string of the molecule is [C-]#[N+]/C(=C\c1ccc(O)c(O)c1)C(=O)OCC(O)Cn1c(=O)n(CC(O)COC(=O)/C(=C/c2ccc(O)c(O)c2)[N+]#[C-])c(=O)n(CC(O)COC(=O)/C(C#N)=C/c2ccc(O)c(O)c2)c1=O. The van der Waals surface area contributed by atoms with Crippen molar-refractivity contribution in [2.24, 2.45) is 0 Å². The maximum Gasteiger partial charge on any atom is 0.348 e. The van der Waals surface area contributed by atoms with E-state index in [1.165, 1.54) is 18.2 Å². The van der Waals surface area contributed by atoms with Gasteiger partial charge in [0.25, 0.3) is 11.4 Å². The summed E-state index contributed by atoms with van der Waals surface area (Å²) in [5.74, 6) is -7.11. The first-order valence-electron chi connectivity index (χ1n) is 18.6. The summed E-state index contributed by atoms with van der Waals surface area (Å²) in [6.45, 7) is 8.57. The van der Waals surface area contributed by atoms with Crippen LogP contribution in [0.4, 0.5) is 0 Å². The van der Waals surface area contributed by atoms with E-state index in [0.717, 1.165) is 54.6 Å². The number of hydrogen-bond acceptors (Lipinski definition) is 19. The smallest absolute Gasteiger partial charge is 0.348 e. The molecule has 342 valence electrons. The van der Waals surface area contributed by atoms with Crippen molar-refractivity contribution in [2.75, 3.05) is 19.8 Å². The number of ether oxygens (including phenoxy) is 3. The lowest BCUT2D eigenvalue weighted by Crippen LogP contribution is -2.57. The van der Waals surface area contributed by atoms with Gasteiger partial charge in [-0.25, -0.2) is 42.6 Å². The fourth-order valence-electron chi connectivity index (χ4n) is 5.47. The highest BCUT2D eigenvalue weighted by Gasteiger charge is 2.25. The Kier molecular flexibility index (Phi) is 16.7. The molecule has 0 aliphatic carbocycles. The number of benzene rings is 3. The number of phenols is 6. The number of hydrogen-bond donors (Lipinski definition) is 9. The number of carbonyl (C=O) groups is 3. The summed E-state index contributed by atoms with van der Waals surface area (Å²) in [5.41, 5.74) is -6.21. The fourth-order valence-corrected chi connectivity index (χ4v) is 5.47. The first-order valence-corrected chi connectivity index (χ1v) is 18.6. The highest BCUT2D eigenvalue weighted by molar-refractivity contribution is 5.98. The molecule has 4 aromatic rings. The molecule has 0 spiro atoms. The van der Waals surface area contributed by atoms with Crippen LogP contribution >= 0.6 is 0 Å². The van der Waals surface area contributed by atoms with Gasteiger partial charge in [0.2, 0.25) is 0 Å². The van der Waals surface area contributed by atoms with Gasteiger partial charge >= 0.3 is 35.0 Å². The van der Waals surface area contributed by atoms with Crippen molar-refractivity contribution in [2.45, 2.75) is 37.9 Å². The number of aromatic nitrogens is 3. The molecule has 0 bridgehead atoms. The number of aliphatic hydroxyl groups is 3. The average molecular weight is 913 g/mol. The van der Waals surface area contributed by atoms with Crippen LogP contribution in [0, 0.1) is 24.5 Å². The maximum absolute atomic E-state index is 13.6. The van der Waals surface area contributed by atoms with Crippen molar-refractivity contribution in [3.8, 4) is 40.6 Å². The molecular weight excluding hydrogens is 876 g/mol. The maximum atomic E-state index is 13.6. The summed E-state index contributed by atoms with van der Waals surface area (Å²) >= 11 is 0. The molecule has 4 rings (SSSR count). The summed E-state index contributed by atoms with van der Waals surface area (Å²) < 4.78 is 15.6. The summed E-state index contributed by atoms with van der Waals surface area (Å²) in [4.78, 5) is 85.0. The Balaban J connectivity index is 1.58. The van der Waals surface area contributed by atoms with Gasteiger partial charge in [-0.1, -0.05) is 18.2 Å². The first-order chi connectivity index (χ1) is 31.3. The molecule has 0 aliphatic rings. The van der Waals surface area contributed by atoms with E-state index in [4.69, 9.17) is 27.4 Å². The van der Waals surface area contributed by atoms with E-state index >= 15 is 0 Å². The van der Waals surface area contributed by atoms with Gasteiger partial charge in [0.1, 0.15) is 49.8 Å². The molecule has 0 aliphatic heterocycles. The molecule has 3 unspecified atom stereocenters. The third-order valence-electron chi connectivity index (χ3n) is 8.70. The Morgan fingerprint density at radius 1 is 0.545 bits per heavy atom. The molecule has 0 radical (unpaired) electrons. The number of esters is 3. The zero-order valence-corrected chi connectivity index (χ0v) is 33.8. The van der Waals surface area contributed by atoms with E-state index in [2.05, 4.69) is 9.69 Å². The van der Waals surface area contributed by atoms with Gasteiger partial charge in [-0.2, -0.15) is 5.26 Å². The van der Waals surface area contributed by atoms with Crippen LogP contribution in [0.5, 0.6) is 34.5 Å². The van der Waals surface area contributed by atoms with Crippen LogP contribution in [0.25, 0.3) is 27.9 Å². The minimum Gasteiger partial charge on any atom is -0.504 e. The van der Waals surface area contributed by atoms with Gasteiger partial charge in [0.15, 0.2) is 34.5 Å². The van der Waals surface area contributed by atoms with Crippen LogP contribution in [0.15, 0.2) is 85.9 Å². The van der Waals surface area contributed by atoms with Gasteiger partial charge in [-0.05, 0) is 71.3 Å². The third-order valence-corrected chi connectivity index (χ3v) is 8.70. The Hall–Kier alpha value is -9.15. The van der Waals surface area contributed by atoms with Crippen LogP contribution in [0.2, 0.25) is 0 Å². The van der Waals surface area contributed by atoms with Crippen molar-refractivity contribution >= 4 is 36.1 Å². The van der Waals surface area contributed by atoms with Gasteiger partial charge < -0.3 is 60.2 Å². The molecule has 0 saturated heterocycles. The van der Waals surface area contributed by atoms with Crippen molar-refractivity contribution in [3.05, 3.63) is 143 Å². The number of aliphatic hydroxyl groups excluding tert-OH is 3. The lowest BCUT2D eigenvalue weighted by atomic mass is 10.1. The standard InChI is InChI=1S/C42H36N6O18/c1-44-29(10-23-4-7-32(53)35(56)13-23)38(59)65-20-27(50)17-47-40(61)46(16-26(49)19-64-37(58)25(15-43)9-22-3-6-31(52)34(55)12-22)41(62)48(42(47)63)18-28(51)21-66-39(60)30(45-2)11-24-5-8-33(54)36(57)14-24/h3-14,26-28,49-57H,16-21H2/b25-9+,29-10-,30-11-. The predicted octanol–water partition coefficient (Wildman–Crippen LogP) is -0.354. The van der Waals surface area contributed by atoms with E-state index in [9.17, 15) is 80.0 Å². The molecule has 1 heterocycles. The Bertz CT molecular complexity index is 2600. The second kappa shape index (κ2) is 22.3. The molecule has 0 fully saturated rings. The minimum atomic E-state index is -1.93. The Morgan fingerprint density at radius 3 is 1.14 bits per heavy atom. The summed E-state index contributed by atoms with van der Waals surface area (Å²) in [5, 5.41) is 99.5. The number of rotatable bonds is 18. The summed E-state index contributed by atoms with van der Waals surface area (Å²) in [6.07, 6.45) is -2.87. The quantitative estimate of drug-likeness (QED) is 0.0154. The molecule has 3 atom stereocenters. The number of phenolic OH excluding ortho intramolecular Hbond substituents is 6. The zero-order valence-electron chi connectivity index (χ0n) is 33.8. The van der Waals surface area contributed by atoms with Crippen molar-refractivity contribution < 1.29 is 74.6 Å². The molecular formula is C42H36N6O18. The van der Waals surface area contributed by atoms with E-state index in [1.54, 1.807) is 6.07 Å². The average Bonchev–Trinajstić information content (AvgIpc) is 3.29. The van der Waals surface area contributed by atoms with Crippen LogP contribution in [0.3, 0.4) is 0 Å². The van der Waals surface area contributed by atoms with E-state index in [0.29, 0.717) is 0 Å². The summed E-state index contributed by atoms with van der Waals surface area (Å²) in [7, 11) is 0.